The lowest BCUT2D eigenvalue weighted by molar-refractivity contribution is -0.161. The highest BCUT2D eigenvalue weighted by Gasteiger charge is 2.26. The van der Waals surface area contributed by atoms with Crippen molar-refractivity contribution in [3.05, 3.63) is 36.5 Å². The van der Waals surface area contributed by atoms with Gasteiger partial charge in [-0.2, -0.15) is 0 Å². The zero-order valence-electron chi connectivity index (χ0n) is 56.6. The summed E-state index contributed by atoms with van der Waals surface area (Å²) < 4.78 is 33.2. The number of carbonyl (C=O) groups excluding carboxylic acids is 2. The fourth-order valence-electron chi connectivity index (χ4n) is 11.5. The molecular formula is C75H144NO8P. The van der Waals surface area contributed by atoms with Gasteiger partial charge in [-0.05, 0) is 51.4 Å². The van der Waals surface area contributed by atoms with Crippen LogP contribution in [0.3, 0.4) is 0 Å². The van der Waals surface area contributed by atoms with E-state index in [9.17, 15) is 19.0 Å². The van der Waals surface area contributed by atoms with Crippen molar-refractivity contribution in [3.8, 4) is 0 Å². The van der Waals surface area contributed by atoms with E-state index in [1.165, 1.54) is 315 Å². The number of ether oxygens (including phenoxy) is 2. The highest BCUT2D eigenvalue weighted by molar-refractivity contribution is 7.47. The van der Waals surface area contributed by atoms with Gasteiger partial charge in [-0.3, -0.25) is 18.6 Å². The van der Waals surface area contributed by atoms with E-state index >= 15 is 0 Å². The van der Waals surface area contributed by atoms with E-state index in [2.05, 4.69) is 50.3 Å². The fraction of sp³-hybridized carbons (Fsp3) is 0.893. The van der Waals surface area contributed by atoms with Crippen LogP contribution >= 0.6 is 7.82 Å². The topological polar surface area (TPSA) is 134 Å². The Balaban J connectivity index is 3.78. The van der Waals surface area contributed by atoms with E-state index in [1.54, 1.807) is 0 Å². The van der Waals surface area contributed by atoms with Crippen molar-refractivity contribution in [2.24, 2.45) is 5.73 Å². The summed E-state index contributed by atoms with van der Waals surface area (Å²) in [6.07, 6.45) is 89.8. The van der Waals surface area contributed by atoms with Gasteiger partial charge in [0.1, 0.15) is 6.61 Å². The van der Waals surface area contributed by atoms with E-state index < -0.39 is 26.5 Å². The number of hydrogen-bond donors (Lipinski definition) is 2. The molecule has 2 atom stereocenters. The number of esters is 2. The van der Waals surface area contributed by atoms with Crippen LogP contribution in [-0.4, -0.2) is 49.3 Å². The molecule has 502 valence electrons. The molecule has 0 spiro atoms. The first-order valence-corrected chi connectivity index (χ1v) is 39.0. The van der Waals surface area contributed by atoms with E-state index in [1.807, 2.05) is 0 Å². The second-order valence-electron chi connectivity index (χ2n) is 25.5. The highest BCUT2D eigenvalue weighted by atomic mass is 31.2. The summed E-state index contributed by atoms with van der Waals surface area (Å²) in [4.78, 5) is 35.4. The van der Waals surface area contributed by atoms with Gasteiger partial charge in [0.05, 0.1) is 13.2 Å². The number of nitrogens with two attached hydrogens (primary N) is 1. The molecule has 0 heterocycles. The molecule has 3 N–H and O–H groups in total. The van der Waals surface area contributed by atoms with Gasteiger partial charge in [0.15, 0.2) is 6.10 Å². The number of hydrogen-bond acceptors (Lipinski definition) is 8. The fourth-order valence-corrected chi connectivity index (χ4v) is 12.2. The molecule has 0 saturated heterocycles. The molecule has 10 heteroatoms. The van der Waals surface area contributed by atoms with Crippen molar-refractivity contribution >= 4 is 19.8 Å². The Bertz CT molecular complexity index is 1490. The minimum atomic E-state index is -4.39. The van der Waals surface area contributed by atoms with Crippen molar-refractivity contribution in [2.45, 2.75) is 405 Å². The van der Waals surface area contributed by atoms with Gasteiger partial charge < -0.3 is 20.1 Å². The molecule has 0 aromatic heterocycles. The molecule has 0 rings (SSSR count). The van der Waals surface area contributed by atoms with Gasteiger partial charge in [0, 0.05) is 19.4 Å². The van der Waals surface area contributed by atoms with Gasteiger partial charge in [0.2, 0.25) is 0 Å². The molecule has 0 saturated carbocycles. The molecule has 85 heavy (non-hydrogen) atoms. The summed E-state index contributed by atoms with van der Waals surface area (Å²) in [5.41, 5.74) is 5.41. The third-order valence-electron chi connectivity index (χ3n) is 17.0. The zero-order chi connectivity index (χ0) is 61.6. The van der Waals surface area contributed by atoms with Crippen LogP contribution in [0.4, 0.5) is 0 Å². The Hall–Kier alpha value is -1.77. The Kier molecular flexibility index (Phi) is 69.8. The van der Waals surface area contributed by atoms with Crippen LogP contribution in [0.25, 0.3) is 0 Å². The van der Waals surface area contributed by atoms with Crippen molar-refractivity contribution in [2.75, 3.05) is 26.4 Å². The number of carbonyl (C=O) groups is 2. The maximum Gasteiger partial charge on any atom is 0.472 e. The molecule has 0 aliphatic rings. The van der Waals surface area contributed by atoms with Crippen molar-refractivity contribution in [1.82, 2.24) is 0 Å². The molecule has 2 unspecified atom stereocenters. The van der Waals surface area contributed by atoms with Gasteiger partial charge in [-0.25, -0.2) is 4.57 Å². The van der Waals surface area contributed by atoms with E-state index in [0.29, 0.717) is 6.42 Å². The molecule has 0 aliphatic heterocycles. The SMILES string of the molecule is CCCCCCC/C=C\C/C=C\C/C=C\CCCCCCCCCCCCCCCCC(=O)OC(COC(=O)CCCCCCCCCCCCCCCCCCCCCCCCCCCCCCCCCCCCC)COP(=O)(O)OCCN. The lowest BCUT2D eigenvalue weighted by atomic mass is 10.0. The predicted molar refractivity (Wildman–Crippen MR) is 367 cm³/mol. The van der Waals surface area contributed by atoms with Crippen LogP contribution in [0.1, 0.15) is 399 Å². The van der Waals surface area contributed by atoms with Crippen molar-refractivity contribution in [3.63, 3.8) is 0 Å². The average molecular weight is 1220 g/mol. The van der Waals surface area contributed by atoms with Crippen molar-refractivity contribution in [1.29, 1.82) is 0 Å². The quantitative estimate of drug-likeness (QED) is 0.0264. The largest absolute Gasteiger partial charge is 0.472 e. The molecule has 0 bridgehead atoms. The summed E-state index contributed by atoms with van der Waals surface area (Å²) in [7, 11) is -4.39. The number of allylic oxidation sites excluding steroid dienone is 6. The predicted octanol–water partition coefficient (Wildman–Crippen LogP) is 24.6. The zero-order valence-corrected chi connectivity index (χ0v) is 57.5. The maximum absolute atomic E-state index is 12.8. The molecular weight excluding hydrogens is 1070 g/mol. The third kappa shape index (κ3) is 71.2. The normalized spacial score (nSPS) is 13.0. The Morgan fingerprint density at radius 3 is 0.906 bits per heavy atom. The molecule has 9 nitrogen and oxygen atoms in total. The maximum atomic E-state index is 12.8. The van der Waals surface area contributed by atoms with Crippen LogP contribution in [0.5, 0.6) is 0 Å². The summed E-state index contributed by atoms with van der Waals surface area (Å²) in [5, 5.41) is 0. The molecule has 0 aromatic rings. The summed E-state index contributed by atoms with van der Waals surface area (Å²) in [6.45, 7) is 3.81. The Morgan fingerprint density at radius 1 is 0.353 bits per heavy atom. The van der Waals surface area contributed by atoms with E-state index in [-0.39, 0.29) is 38.6 Å². The van der Waals surface area contributed by atoms with Crippen LogP contribution in [0, 0.1) is 0 Å². The summed E-state index contributed by atoms with van der Waals surface area (Å²) in [6, 6.07) is 0. The van der Waals surface area contributed by atoms with E-state index in [4.69, 9.17) is 24.3 Å². The first kappa shape index (κ1) is 83.2. The third-order valence-corrected chi connectivity index (χ3v) is 18.0. The van der Waals surface area contributed by atoms with Crippen LogP contribution in [0.15, 0.2) is 36.5 Å². The number of unbranched alkanes of at least 4 members (excludes halogenated alkanes) is 53. The minimum Gasteiger partial charge on any atom is -0.462 e. The van der Waals surface area contributed by atoms with Gasteiger partial charge in [-0.1, -0.05) is 371 Å². The molecule has 0 radical (unpaired) electrons. The molecule has 0 amide bonds. The van der Waals surface area contributed by atoms with Crippen LogP contribution in [0.2, 0.25) is 0 Å². The van der Waals surface area contributed by atoms with Crippen LogP contribution < -0.4 is 5.73 Å². The molecule has 0 aromatic carbocycles. The smallest absolute Gasteiger partial charge is 0.462 e. The van der Waals surface area contributed by atoms with Gasteiger partial charge >= 0.3 is 19.8 Å². The summed E-state index contributed by atoms with van der Waals surface area (Å²) >= 11 is 0. The first-order valence-electron chi connectivity index (χ1n) is 37.5. The number of rotatable bonds is 72. The second kappa shape index (κ2) is 71.3. The number of phosphoric acid groups is 1. The number of phosphoric ester groups is 1. The lowest BCUT2D eigenvalue weighted by Gasteiger charge is -2.19. The summed E-state index contributed by atoms with van der Waals surface area (Å²) in [5.74, 6) is -0.806. The van der Waals surface area contributed by atoms with Gasteiger partial charge in [0.25, 0.3) is 0 Å². The minimum absolute atomic E-state index is 0.0554. The monoisotopic (exact) mass is 1220 g/mol. The molecule has 0 fully saturated rings. The van der Waals surface area contributed by atoms with Crippen molar-refractivity contribution < 1.29 is 37.6 Å². The standard InChI is InChI=1S/C75H144NO8P/c1-3-5-7-9-11-13-15-17-19-21-23-25-27-29-31-33-34-35-36-37-38-40-41-43-45-47-49-51-53-55-57-59-61-63-65-67-74(77)81-71-73(72-83-85(79,80)82-70-69-76)84-75(78)68-66-64-62-60-58-56-54-52-50-48-46-44-42-39-32-30-28-26-24-22-20-18-16-14-12-10-8-6-4-2/h16,18,22,24,28,30,73H,3-15,17,19-21,23,25-27,29,31-72,76H2,1-2H3,(H,79,80)/b18-16-,24-22-,30-28-. The second-order valence-corrected chi connectivity index (χ2v) is 27.0. The highest BCUT2D eigenvalue weighted by Crippen LogP contribution is 2.43. The average Bonchev–Trinajstić information content (AvgIpc) is 3.52. The first-order chi connectivity index (χ1) is 41.8. The van der Waals surface area contributed by atoms with Crippen LogP contribution in [-0.2, 0) is 32.7 Å². The lowest BCUT2D eigenvalue weighted by Crippen LogP contribution is -2.29. The van der Waals surface area contributed by atoms with E-state index in [0.717, 1.165) is 51.4 Å². The van der Waals surface area contributed by atoms with Gasteiger partial charge in [-0.15, -0.1) is 0 Å². The Labute approximate surface area is 528 Å². The Morgan fingerprint density at radius 2 is 0.612 bits per heavy atom. The molecule has 0 aliphatic carbocycles.